The molecule has 0 aliphatic rings. The van der Waals surface area contributed by atoms with Gasteiger partial charge in [0.25, 0.3) is 5.91 Å². The van der Waals surface area contributed by atoms with E-state index in [4.69, 9.17) is 4.74 Å². The first-order valence-corrected chi connectivity index (χ1v) is 8.05. The van der Waals surface area contributed by atoms with Gasteiger partial charge in [0.2, 0.25) is 0 Å². The molecule has 1 aromatic heterocycles. The smallest absolute Gasteiger partial charge is 0.251 e. The molecule has 3 rings (SSSR count). The van der Waals surface area contributed by atoms with Crippen LogP contribution in [0.3, 0.4) is 0 Å². The van der Waals surface area contributed by atoms with Crippen LogP contribution in [0.15, 0.2) is 48.5 Å². The molecular formula is C19H20N4O2. The first-order chi connectivity index (χ1) is 12.0. The average Bonchev–Trinajstić information content (AvgIpc) is 3.02. The zero-order valence-electron chi connectivity index (χ0n) is 14.4. The molecule has 0 fully saturated rings. The van der Waals surface area contributed by atoms with Crippen molar-refractivity contribution in [2.45, 2.75) is 26.8 Å². The molecule has 6 heteroatoms. The van der Waals surface area contributed by atoms with Crippen molar-refractivity contribution >= 4 is 5.91 Å². The van der Waals surface area contributed by atoms with Crippen LogP contribution in [-0.4, -0.2) is 21.1 Å². The minimum atomic E-state index is -0.277. The maximum Gasteiger partial charge on any atom is 0.251 e. The summed E-state index contributed by atoms with van der Waals surface area (Å²) in [5.41, 5.74) is 1.68. The lowest BCUT2D eigenvalue weighted by molar-refractivity contribution is 0.0938. The zero-order chi connectivity index (χ0) is 17.8. The molecule has 0 aliphatic carbocycles. The van der Waals surface area contributed by atoms with Gasteiger partial charge in [0.15, 0.2) is 5.82 Å². The second kappa shape index (κ2) is 7.17. The van der Waals surface area contributed by atoms with E-state index in [2.05, 4.69) is 20.5 Å². The third-order valence-corrected chi connectivity index (χ3v) is 3.69. The number of hydrogen-bond donors (Lipinski definition) is 2. The van der Waals surface area contributed by atoms with Crippen molar-refractivity contribution in [3.05, 3.63) is 71.3 Å². The van der Waals surface area contributed by atoms with E-state index in [1.807, 2.05) is 45.0 Å². The highest BCUT2D eigenvalue weighted by Crippen LogP contribution is 2.22. The van der Waals surface area contributed by atoms with E-state index in [1.54, 1.807) is 24.3 Å². The SMILES string of the molecule is Cc1cccc(Oc2ccc(C(=O)NC(C)c3n[nH]c(C)n3)cc2)c1. The highest BCUT2D eigenvalue weighted by atomic mass is 16.5. The van der Waals surface area contributed by atoms with E-state index in [-0.39, 0.29) is 11.9 Å². The van der Waals surface area contributed by atoms with Crippen LogP contribution >= 0.6 is 0 Å². The third kappa shape index (κ3) is 4.23. The first-order valence-electron chi connectivity index (χ1n) is 8.05. The van der Waals surface area contributed by atoms with E-state index >= 15 is 0 Å². The molecule has 0 spiro atoms. The normalized spacial score (nSPS) is 11.8. The summed E-state index contributed by atoms with van der Waals surface area (Å²) < 4.78 is 5.79. The van der Waals surface area contributed by atoms with Crippen LogP contribution in [0.2, 0.25) is 0 Å². The fraction of sp³-hybridized carbons (Fsp3) is 0.211. The molecule has 1 unspecified atom stereocenters. The molecular weight excluding hydrogens is 316 g/mol. The Morgan fingerprint density at radius 2 is 1.88 bits per heavy atom. The molecule has 0 saturated heterocycles. The molecule has 6 nitrogen and oxygen atoms in total. The molecule has 1 heterocycles. The van der Waals surface area contributed by atoms with Gasteiger partial charge in [-0.2, -0.15) is 5.10 Å². The summed E-state index contributed by atoms with van der Waals surface area (Å²) in [5, 5.41) is 9.71. The van der Waals surface area contributed by atoms with Crippen LogP contribution < -0.4 is 10.1 Å². The van der Waals surface area contributed by atoms with Crippen molar-refractivity contribution in [3.8, 4) is 11.5 Å². The monoisotopic (exact) mass is 336 g/mol. The molecule has 0 saturated carbocycles. The number of carbonyl (C=O) groups excluding carboxylic acids is 1. The Kier molecular flexibility index (Phi) is 4.79. The number of amides is 1. The fourth-order valence-electron chi connectivity index (χ4n) is 2.39. The molecule has 2 N–H and O–H groups in total. The van der Waals surface area contributed by atoms with Crippen LogP contribution in [0.1, 0.15) is 40.5 Å². The summed E-state index contributed by atoms with van der Waals surface area (Å²) in [7, 11) is 0. The molecule has 1 amide bonds. The molecule has 0 radical (unpaired) electrons. The lowest BCUT2D eigenvalue weighted by atomic mass is 10.2. The number of aromatic amines is 1. The Balaban J connectivity index is 1.64. The van der Waals surface area contributed by atoms with E-state index < -0.39 is 0 Å². The maximum atomic E-state index is 12.3. The van der Waals surface area contributed by atoms with Gasteiger partial charge in [-0.1, -0.05) is 12.1 Å². The van der Waals surface area contributed by atoms with Crippen molar-refractivity contribution in [1.82, 2.24) is 20.5 Å². The minimum Gasteiger partial charge on any atom is -0.457 e. The Bertz CT molecular complexity index is 871. The van der Waals surface area contributed by atoms with Crippen molar-refractivity contribution in [2.24, 2.45) is 0 Å². The van der Waals surface area contributed by atoms with Crippen molar-refractivity contribution in [2.75, 3.05) is 0 Å². The topological polar surface area (TPSA) is 79.9 Å². The van der Waals surface area contributed by atoms with Gasteiger partial charge in [-0.15, -0.1) is 0 Å². The van der Waals surface area contributed by atoms with Crippen molar-refractivity contribution < 1.29 is 9.53 Å². The zero-order valence-corrected chi connectivity index (χ0v) is 14.4. The van der Waals surface area contributed by atoms with Gasteiger partial charge in [-0.05, 0) is 62.7 Å². The van der Waals surface area contributed by atoms with Gasteiger partial charge < -0.3 is 10.1 Å². The predicted octanol–water partition coefficient (Wildman–Crippen LogP) is 3.70. The summed E-state index contributed by atoms with van der Waals surface area (Å²) >= 11 is 0. The molecule has 0 bridgehead atoms. The lowest BCUT2D eigenvalue weighted by Crippen LogP contribution is -2.27. The van der Waals surface area contributed by atoms with Crippen LogP contribution in [0, 0.1) is 13.8 Å². The summed E-state index contributed by atoms with van der Waals surface area (Å²) in [6.07, 6.45) is 0. The van der Waals surface area contributed by atoms with Gasteiger partial charge >= 0.3 is 0 Å². The highest BCUT2D eigenvalue weighted by molar-refractivity contribution is 5.94. The number of benzene rings is 2. The van der Waals surface area contributed by atoms with Crippen LogP contribution in [0.4, 0.5) is 0 Å². The summed E-state index contributed by atoms with van der Waals surface area (Å²) in [4.78, 5) is 16.6. The van der Waals surface area contributed by atoms with Gasteiger partial charge in [0.05, 0.1) is 6.04 Å². The highest BCUT2D eigenvalue weighted by Gasteiger charge is 2.15. The molecule has 1 atom stereocenters. The quantitative estimate of drug-likeness (QED) is 0.744. The maximum absolute atomic E-state index is 12.3. The van der Waals surface area contributed by atoms with Gasteiger partial charge in [0.1, 0.15) is 17.3 Å². The van der Waals surface area contributed by atoms with E-state index in [9.17, 15) is 4.79 Å². The second-order valence-corrected chi connectivity index (χ2v) is 5.92. The lowest BCUT2D eigenvalue weighted by Gasteiger charge is -2.11. The Hall–Kier alpha value is -3.15. The standard InChI is InChI=1S/C19H20N4O2/c1-12-5-4-6-17(11-12)25-16-9-7-15(8-10-16)19(24)20-13(2)18-21-14(3)22-23-18/h4-11,13H,1-3H3,(H,20,24)(H,21,22,23). The molecule has 25 heavy (non-hydrogen) atoms. The molecule has 0 aliphatic heterocycles. The largest absolute Gasteiger partial charge is 0.457 e. The Morgan fingerprint density at radius 3 is 2.52 bits per heavy atom. The number of hydrogen-bond acceptors (Lipinski definition) is 4. The number of ether oxygens (including phenoxy) is 1. The number of H-pyrrole nitrogens is 1. The van der Waals surface area contributed by atoms with Crippen molar-refractivity contribution in [3.63, 3.8) is 0 Å². The first kappa shape index (κ1) is 16.7. The number of nitrogens with zero attached hydrogens (tertiary/aromatic N) is 2. The number of rotatable bonds is 5. The fourth-order valence-corrected chi connectivity index (χ4v) is 2.39. The Labute approximate surface area is 146 Å². The summed E-state index contributed by atoms with van der Waals surface area (Å²) in [6, 6.07) is 14.6. The number of aromatic nitrogens is 3. The molecule has 128 valence electrons. The summed E-state index contributed by atoms with van der Waals surface area (Å²) in [6.45, 7) is 5.67. The average molecular weight is 336 g/mol. The van der Waals surface area contributed by atoms with Crippen LogP contribution in [0.25, 0.3) is 0 Å². The second-order valence-electron chi connectivity index (χ2n) is 5.92. The molecule has 3 aromatic rings. The van der Waals surface area contributed by atoms with E-state index in [1.165, 1.54) is 0 Å². The Morgan fingerprint density at radius 1 is 1.12 bits per heavy atom. The number of nitrogens with one attached hydrogen (secondary N) is 2. The summed E-state index contributed by atoms with van der Waals surface area (Å²) in [5.74, 6) is 2.54. The van der Waals surface area contributed by atoms with Gasteiger partial charge in [-0.25, -0.2) is 4.98 Å². The van der Waals surface area contributed by atoms with E-state index in [0.29, 0.717) is 23.0 Å². The van der Waals surface area contributed by atoms with Crippen LogP contribution in [0.5, 0.6) is 11.5 Å². The van der Waals surface area contributed by atoms with Gasteiger partial charge in [0, 0.05) is 5.56 Å². The number of carbonyl (C=O) groups is 1. The minimum absolute atomic E-state index is 0.183. The molecule has 2 aromatic carbocycles. The van der Waals surface area contributed by atoms with Crippen LogP contribution in [-0.2, 0) is 0 Å². The van der Waals surface area contributed by atoms with Gasteiger partial charge in [-0.3, -0.25) is 9.89 Å². The van der Waals surface area contributed by atoms with Crippen molar-refractivity contribution in [1.29, 1.82) is 0 Å². The number of aryl methyl sites for hydroxylation is 2. The van der Waals surface area contributed by atoms with E-state index in [0.717, 1.165) is 11.3 Å². The third-order valence-electron chi connectivity index (χ3n) is 3.69. The predicted molar refractivity (Wildman–Crippen MR) is 94.7 cm³/mol.